The number of benzene rings is 2. The first kappa shape index (κ1) is 26.9. The van der Waals surface area contributed by atoms with Crippen molar-refractivity contribution in [1.82, 2.24) is 20.2 Å². The molecular weight excluding hydrogens is 496 g/mol. The van der Waals surface area contributed by atoms with Crippen molar-refractivity contribution in [3.8, 4) is 22.4 Å². The number of nitrogens with zero attached hydrogens (tertiary/aromatic N) is 2. The lowest BCUT2D eigenvalue weighted by molar-refractivity contribution is -0.135. The molecule has 2 aliphatic rings. The van der Waals surface area contributed by atoms with Gasteiger partial charge in [0.2, 0.25) is 5.91 Å². The third-order valence-corrected chi connectivity index (χ3v) is 7.47. The highest BCUT2D eigenvalue weighted by Crippen LogP contribution is 2.33. The van der Waals surface area contributed by atoms with Crippen molar-refractivity contribution >= 4 is 12.0 Å². The monoisotopic (exact) mass is 532 g/mol. The van der Waals surface area contributed by atoms with E-state index >= 15 is 0 Å². The van der Waals surface area contributed by atoms with Gasteiger partial charge in [-0.3, -0.25) is 4.79 Å². The summed E-state index contributed by atoms with van der Waals surface area (Å²) in [6.45, 7) is 6.32. The largest absolute Gasteiger partial charge is 0.453 e. The fourth-order valence-corrected chi connectivity index (χ4v) is 5.26. The molecule has 2 aliphatic heterocycles. The molecule has 0 radical (unpaired) electrons. The van der Waals surface area contributed by atoms with E-state index in [1.807, 2.05) is 24.9 Å². The molecule has 3 heterocycles. The van der Waals surface area contributed by atoms with Gasteiger partial charge in [0.25, 0.3) is 0 Å². The number of rotatable bonds is 7. The van der Waals surface area contributed by atoms with Crippen LogP contribution in [0.3, 0.4) is 0 Å². The van der Waals surface area contributed by atoms with Crippen LogP contribution in [0.15, 0.2) is 54.7 Å². The van der Waals surface area contributed by atoms with Crippen LogP contribution in [0.4, 0.5) is 4.79 Å². The highest BCUT2D eigenvalue weighted by atomic mass is 16.6. The molecule has 9 nitrogen and oxygen atoms in total. The summed E-state index contributed by atoms with van der Waals surface area (Å²) in [5.74, 6) is 0.563. The average Bonchev–Trinajstić information content (AvgIpc) is 3.66. The van der Waals surface area contributed by atoms with Crippen molar-refractivity contribution in [3.63, 3.8) is 0 Å². The Hall–Kier alpha value is -3.69. The molecule has 2 aromatic carbocycles. The van der Waals surface area contributed by atoms with Gasteiger partial charge >= 0.3 is 6.09 Å². The van der Waals surface area contributed by atoms with Crippen LogP contribution in [0.1, 0.15) is 50.2 Å². The molecule has 0 bridgehead atoms. The summed E-state index contributed by atoms with van der Waals surface area (Å²) in [4.78, 5) is 35.1. The minimum absolute atomic E-state index is 0.00351. The van der Waals surface area contributed by atoms with Gasteiger partial charge in [-0.1, -0.05) is 62.4 Å². The second-order valence-corrected chi connectivity index (χ2v) is 10.4. The molecule has 0 saturated carbocycles. The number of H-pyrrole nitrogens is 1. The van der Waals surface area contributed by atoms with Crippen LogP contribution in [0.5, 0.6) is 0 Å². The van der Waals surface area contributed by atoms with Crippen molar-refractivity contribution in [1.29, 1.82) is 0 Å². The summed E-state index contributed by atoms with van der Waals surface area (Å²) in [6, 6.07) is 16.0. The fourth-order valence-electron chi connectivity index (χ4n) is 5.26. The Morgan fingerprint density at radius 3 is 2.38 bits per heavy atom. The van der Waals surface area contributed by atoms with Crippen LogP contribution in [0, 0.1) is 5.92 Å². The molecule has 206 valence electrons. The second-order valence-electron chi connectivity index (χ2n) is 10.4. The number of aromatic amines is 1. The van der Waals surface area contributed by atoms with Gasteiger partial charge in [-0.05, 0) is 41.0 Å². The third kappa shape index (κ3) is 5.99. The molecule has 2 fully saturated rings. The van der Waals surface area contributed by atoms with E-state index in [4.69, 9.17) is 14.2 Å². The predicted molar refractivity (Wildman–Crippen MR) is 147 cm³/mol. The van der Waals surface area contributed by atoms with Crippen LogP contribution < -0.4 is 5.32 Å². The van der Waals surface area contributed by atoms with E-state index in [9.17, 15) is 9.59 Å². The molecule has 3 unspecified atom stereocenters. The maximum Gasteiger partial charge on any atom is 0.407 e. The highest BCUT2D eigenvalue weighted by molar-refractivity contribution is 5.86. The van der Waals surface area contributed by atoms with E-state index in [0.29, 0.717) is 26.4 Å². The Morgan fingerprint density at radius 1 is 1.05 bits per heavy atom. The molecule has 39 heavy (non-hydrogen) atoms. The first-order valence-electron chi connectivity index (χ1n) is 13.5. The Balaban J connectivity index is 1.27. The van der Waals surface area contributed by atoms with Crippen molar-refractivity contribution in [2.75, 3.05) is 33.5 Å². The van der Waals surface area contributed by atoms with Gasteiger partial charge in [-0.2, -0.15) is 0 Å². The lowest BCUT2D eigenvalue weighted by Crippen LogP contribution is -2.51. The van der Waals surface area contributed by atoms with E-state index in [1.165, 1.54) is 7.11 Å². The number of hydrogen-bond donors (Lipinski definition) is 2. The van der Waals surface area contributed by atoms with Gasteiger partial charge < -0.3 is 29.4 Å². The van der Waals surface area contributed by atoms with Crippen LogP contribution in [0.2, 0.25) is 0 Å². The van der Waals surface area contributed by atoms with Crippen molar-refractivity contribution in [2.24, 2.45) is 5.92 Å². The molecule has 0 spiro atoms. The zero-order valence-corrected chi connectivity index (χ0v) is 22.7. The standard InChI is InChI=1S/C30H36N4O5/c1-19(2)27(33-30(36)37-3)29(35)34-14-4-5-25(34)28-31-17-24(32-28)22-10-6-20(7-11-22)21-8-12-23(13-9-21)26-18-38-15-16-39-26/h6-13,17,19,25-27H,4-5,14-16,18H2,1-3H3,(H,31,32)(H,33,36). The quantitative estimate of drug-likeness (QED) is 0.450. The number of likely N-dealkylation sites (tertiary alicyclic amines) is 1. The van der Waals surface area contributed by atoms with Crippen LogP contribution in [-0.4, -0.2) is 66.4 Å². The van der Waals surface area contributed by atoms with Gasteiger partial charge in [0.15, 0.2) is 0 Å². The molecule has 1 aromatic heterocycles. The first-order valence-corrected chi connectivity index (χ1v) is 13.5. The lowest BCUT2D eigenvalue weighted by Gasteiger charge is -2.30. The van der Waals surface area contributed by atoms with Crippen LogP contribution >= 0.6 is 0 Å². The zero-order chi connectivity index (χ0) is 27.4. The molecule has 3 atom stereocenters. The number of carbonyl (C=O) groups is 2. The van der Waals surface area contributed by atoms with Crippen molar-refractivity contribution < 1.29 is 23.8 Å². The Morgan fingerprint density at radius 2 is 1.74 bits per heavy atom. The Kier molecular flexibility index (Phi) is 8.28. The van der Waals surface area contributed by atoms with Gasteiger partial charge in [0, 0.05) is 6.54 Å². The zero-order valence-electron chi connectivity index (χ0n) is 22.7. The number of alkyl carbamates (subject to hydrolysis) is 1. The SMILES string of the molecule is COC(=O)NC(C(=O)N1CCCC1c1ncc(-c2ccc(-c3ccc(C4COCCO4)cc3)cc2)[nH]1)C(C)C. The normalized spacial score (nSPS) is 20.2. The van der Waals surface area contributed by atoms with Crippen molar-refractivity contribution in [3.05, 3.63) is 66.1 Å². The molecule has 9 heteroatoms. The third-order valence-electron chi connectivity index (χ3n) is 7.47. The van der Waals surface area contributed by atoms with Gasteiger partial charge in [-0.15, -0.1) is 0 Å². The van der Waals surface area contributed by atoms with E-state index < -0.39 is 12.1 Å². The van der Waals surface area contributed by atoms with E-state index in [1.54, 1.807) is 0 Å². The molecule has 5 rings (SSSR count). The lowest BCUT2D eigenvalue weighted by atomic mass is 10.0. The Bertz CT molecular complexity index is 1270. The van der Waals surface area contributed by atoms with Crippen molar-refractivity contribution in [2.45, 2.75) is 44.9 Å². The predicted octanol–water partition coefficient (Wildman–Crippen LogP) is 4.88. The first-order chi connectivity index (χ1) is 18.9. The maximum absolute atomic E-state index is 13.4. The summed E-state index contributed by atoms with van der Waals surface area (Å²) in [6.07, 6.45) is 2.90. The Labute approximate surface area is 228 Å². The molecule has 3 aromatic rings. The number of carbonyl (C=O) groups excluding carboxylic acids is 2. The summed E-state index contributed by atoms with van der Waals surface area (Å²) < 4.78 is 16.0. The highest BCUT2D eigenvalue weighted by Gasteiger charge is 2.37. The molecule has 0 aliphatic carbocycles. The minimum atomic E-state index is -0.655. The van der Waals surface area contributed by atoms with Gasteiger partial charge in [0.1, 0.15) is 18.0 Å². The topological polar surface area (TPSA) is 106 Å². The van der Waals surface area contributed by atoms with E-state index in [0.717, 1.165) is 46.6 Å². The number of ether oxygens (including phenoxy) is 3. The average molecular weight is 533 g/mol. The van der Waals surface area contributed by atoms with E-state index in [2.05, 4.69) is 63.8 Å². The second kappa shape index (κ2) is 12.0. The summed E-state index contributed by atoms with van der Waals surface area (Å²) in [5.41, 5.74) is 5.29. The molecular formula is C30H36N4O5. The smallest absolute Gasteiger partial charge is 0.407 e. The maximum atomic E-state index is 13.4. The van der Waals surface area contributed by atoms with E-state index in [-0.39, 0.29) is 24.0 Å². The van der Waals surface area contributed by atoms with Crippen LogP contribution in [-0.2, 0) is 19.0 Å². The number of nitrogens with one attached hydrogen (secondary N) is 2. The number of amides is 2. The van der Waals surface area contributed by atoms with Gasteiger partial charge in [-0.25, -0.2) is 9.78 Å². The van der Waals surface area contributed by atoms with Gasteiger partial charge in [0.05, 0.1) is 44.9 Å². The minimum Gasteiger partial charge on any atom is -0.453 e. The molecule has 2 saturated heterocycles. The number of hydrogen-bond acceptors (Lipinski definition) is 6. The summed E-state index contributed by atoms with van der Waals surface area (Å²) in [7, 11) is 1.30. The molecule has 2 N–H and O–H groups in total. The number of aromatic nitrogens is 2. The van der Waals surface area contributed by atoms with Crippen LogP contribution in [0.25, 0.3) is 22.4 Å². The summed E-state index contributed by atoms with van der Waals surface area (Å²) >= 11 is 0. The number of imidazole rings is 1. The fraction of sp³-hybridized carbons (Fsp3) is 0.433. The summed E-state index contributed by atoms with van der Waals surface area (Å²) in [5, 5.41) is 2.69. The molecule has 2 amide bonds. The number of methoxy groups -OCH3 is 1.